The summed E-state index contributed by atoms with van der Waals surface area (Å²) in [4.78, 5) is 35.3. The van der Waals surface area contributed by atoms with Crippen molar-refractivity contribution in [1.29, 1.82) is 0 Å². The van der Waals surface area contributed by atoms with Crippen molar-refractivity contribution in [3.8, 4) is 0 Å². The Balaban J connectivity index is 1.59. The summed E-state index contributed by atoms with van der Waals surface area (Å²) in [6.45, 7) is 9.57. The highest BCUT2D eigenvalue weighted by atomic mass is 16.2. The number of pyridine rings is 1. The Hall–Kier alpha value is -2.11. The van der Waals surface area contributed by atoms with Crippen LogP contribution in [0.3, 0.4) is 0 Å². The van der Waals surface area contributed by atoms with Crippen LogP contribution < -0.4 is 10.2 Å². The first-order valence-electron chi connectivity index (χ1n) is 11.0. The summed E-state index contributed by atoms with van der Waals surface area (Å²) in [5, 5.41) is 3.26. The highest BCUT2D eigenvalue weighted by Gasteiger charge is 2.54. The van der Waals surface area contributed by atoms with Gasteiger partial charge in [0.2, 0.25) is 11.8 Å². The minimum absolute atomic E-state index is 0.123. The Labute approximate surface area is 174 Å². The van der Waals surface area contributed by atoms with Gasteiger partial charge in [-0.25, -0.2) is 4.98 Å². The highest BCUT2D eigenvalue weighted by molar-refractivity contribution is 5.85. The minimum atomic E-state index is -0.445. The van der Waals surface area contributed by atoms with Crippen LogP contribution in [0, 0.1) is 22.7 Å². The first-order valence-corrected chi connectivity index (χ1v) is 11.0. The number of likely N-dealkylation sites (tertiary alicyclic amines) is 1. The van der Waals surface area contributed by atoms with Gasteiger partial charge in [0.15, 0.2) is 0 Å². The zero-order chi connectivity index (χ0) is 20.6. The molecule has 6 heteroatoms. The molecule has 1 saturated carbocycles. The molecule has 158 valence electrons. The fourth-order valence-corrected chi connectivity index (χ4v) is 4.91. The van der Waals surface area contributed by atoms with E-state index in [0.29, 0.717) is 19.0 Å². The predicted octanol–water partition coefficient (Wildman–Crippen LogP) is 2.70. The molecule has 2 amide bonds. The van der Waals surface area contributed by atoms with Crippen LogP contribution in [0.15, 0.2) is 24.4 Å². The smallest absolute Gasteiger partial charge is 0.228 e. The van der Waals surface area contributed by atoms with Crippen LogP contribution in [0.1, 0.15) is 46.5 Å². The molecule has 1 aromatic rings. The molecule has 6 nitrogen and oxygen atoms in total. The van der Waals surface area contributed by atoms with Gasteiger partial charge in [-0.15, -0.1) is 0 Å². The van der Waals surface area contributed by atoms with Crippen LogP contribution in [-0.2, 0) is 9.59 Å². The van der Waals surface area contributed by atoms with E-state index in [9.17, 15) is 9.59 Å². The molecule has 3 fully saturated rings. The fraction of sp³-hybridized carbons (Fsp3) is 0.696. The van der Waals surface area contributed by atoms with E-state index < -0.39 is 10.8 Å². The van der Waals surface area contributed by atoms with E-state index in [0.717, 1.165) is 38.3 Å². The molecule has 3 aliphatic rings. The monoisotopic (exact) mass is 398 g/mol. The lowest BCUT2D eigenvalue weighted by atomic mass is 9.74. The van der Waals surface area contributed by atoms with Gasteiger partial charge in [0, 0.05) is 50.3 Å². The van der Waals surface area contributed by atoms with Crippen LogP contribution >= 0.6 is 0 Å². The second-order valence-electron chi connectivity index (χ2n) is 10.2. The standard InChI is InChI=1S/C23H34N4O2/c1-22(2,3)21(29)26-12-6-10-23(20(28)25-13-17-8-9-17)16-27(15-18(23)14-26)19-7-4-5-11-24-19/h4-5,7,11,17-18H,6,8-10,12-16H2,1-3H3,(H,25,28)/t18-,23-/m0/s1. The van der Waals surface area contributed by atoms with Crippen molar-refractivity contribution >= 4 is 17.6 Å². The number of rotatable bonds is 4. The molecule has 2 saturated heterocycles. The third-order valence-corrected chi connectivity index (χ3v) is 6.79. The Bertz CT molecular complexity index is 756. The fourth-order valence-electron chi connectivity index (χ4n) is 4.91. The van der Waals surface area contributed by atoms with Gasteiger partial charge in [0.25, 0.3) is 0 Å². The van der Waals surface area contributed by atoms with Crippen molar-refractivity contribution in [2.75, 3.05) is 37.6 Å². The summed E-state index contributed by atoms with van der Waals surface area (Å²) in [7, 11) is 0. The van der Waals surface area contributed by atoms with E-state index in [1.807, 2.05) is 43.9 Å². The maximum absolute atomic E-state index is 13.5. The second kappa shape index (κ2) is 7.62. The lowest BCUT2D eigenvalue weighted by Gasteiger charge is -2.34. The third-order valence-electron chi connectivity index (χ3n) is 6.79. The van der Waals surface area contributed by atoms with Gasteiger partial charge in [0.05, 0.1) is 5.41 Å². The van der Waals surface area contributed by atoms with Gasteiger partial charge < -0.3 is 15.1 Å². The molecule has 2 atom stereocenters. The van der Waals surface area contributed by atoms with Crippen molar-refractivity contribution in [3.05, 3.63) is 24.4 Å². The number of carbonyl (C=O) groups excluding carboxylic acids is 2. The van der Waals surface area contributed by atoms with Crippen LogP contribution in [0.25, 0.3) is 0 Å². The third kappa shape index (κ3) is 4.12. The van der Waals surface area contributed by atoms with Crippen molar-refractivity contribution in [2.45, 2.75) is 46.5 Å². The summed E-state index contributed by atoms with van der Waals surface area (Å²) in [5.74, 6) is 2.06. The molecule has 3 heterocycles. The predicted molar refractivity (Wildman–Crippen MR) is 113 cm³/mol. The number of aromatic nitrogens is 1. The SMILES string of the molecule is CC(C)(C)C(=O)N1CCC[C@]2(C(=O)NCC3CC3)CN(c3ccccn3)C[C@@H]2C1. The maximum Gasteiger partial charge on any atom is 0.228 e. The second-order valence-corrected chi connectivity index (χ2v) is 10.2. The van der Waals surface area contributed by atoms with E-state index in [2.05, 4.69) is 15.2 Å². The van der Waals surface area contributed by atoms with E-state index in [4.69, 9.17) is 0 Å². The van der Waals surface area contributed by atoms with Crippen LogP contribution in [0.2, 0.25) is 0 Å². The Kier molecular flexibility index (Phi) is 5.30. The first kappa shape index (κ1) is 20.2. The zero-order valence-electron chi connectivity index (χ0n) is 18.0. The molecule has 0 spiro atoms. The van der Waals surface area contributed by atoms with Gasteiger partial charge in [0.1, 0.15) is 5.82 Å². The van der Waals surface area contributed by atoms with Crippen LogP contribution in [0.4, 0.5) is 5.82 Å². The van der Waals surface area contributed by atoms with Gasteiger partial charge in [-0.3, -0.25) is 9.59 Å². The van der Waals surface area contributed by atoms with E-state index in [1.54, 1.807) is 6.20 Å². The van der Waals surface area contributed by atoms with Gasteiger partial charge in [-0.1, -0.05) is 26.8 Å². The summed E-state index contributed by atoms with van der Waals surface area (Å²) in [6, 6.07) is 5.92. The molecule has 0 radical (unpaired) electrons. The number of anilines is 1. The Morgan fingerprint density at radius 1 is 1.24 bits per heavy atom. The molecule has 0 bridgehead atoms. The molecule has 1 aliphatic carbocycles. The lowest BCUT2D eigenvalue weighted by molar-refractivity contribution is -0.141. The van der Waals surface area contributed by atoms with Gasteiger partial charge in [-0.05, 0) is 43.7 Å². The summed E-state index contributed by atoms with van der Waals surface area (Å²) in [6.07, 6.45) is 5.95. The molecule has 0 unspecified atom stereocenters. The molecule has 1 N–H and O–H groups in total. The quantitative estimate of drug-likeness (QED) is 0.847. The molecule has 29 heavy (non-hydrogen) atoms. The number of hydrogen-bond acceptors (Lipinski definition) is 4. The minimum Gasteiger partial charge on any atom is -0.355 e. The highest BCUT2D eigenvalue weighted by Crippen LogP contribution is 2.44. The summed E-state index contributed by atoms with van der Waals surface area (Å²) >= 11 is 0. The average molecular weight is 399 g/mol. The normalized spacial score (nSPS) is 27.3. The average Bonchev–Trinajstić information content (AvgIpc) is 3.48. The van der Waals surface area contributed by atoms with Crippen molar-refractivity contribution in [1.82, 2.24) is 15.2 Å². The number of carbonyl (C=O) groups is 2. The van der Waals surface area contributed by atoms with E-state index in [1.165, 1.54) is 12.8 Å². The zero-order valence-corrected chi connectivity index (χ0v) is 18.0. The summed E-state index contributed by atoms with van der Waals surface area (Å²) in [5.41, 5.74) is -0.847. The largest absolute Gasteiger partial charge is 0.355 e. The van der Waals surface area contributed by atoms with Gasteiger partial charge >= 0.3 is 0 Å². The van der Waals surface area contributed by atoms with Crippen molar-refractivity contribution < 1.29 is 9.59 Å². The number of hydrogen-bond donors (Lipinski definition) is 1. The van der Waals surface area contributed by atoms with Crippen molar-refractivity contribution in [2.24, 2.45) is 22.7 Å². The summed E-state index contributed by atoms with van der Waals surface area (Å²) < 4.78 is 0. The Morgan fingerprint density at radius 2 is 2.03 bits per heavy atom. The molecular weight excluding hydrogens is 364 g/mol. The topological polar surface area (TPSA) is 65.5 Å². The maximum atomic E-state index is 13.5. The number of amides is 2. The molecular formula is C23H34N4O2. The van der Waals surface area contributed by atoms with Gasteiger partial charge in [-0.2, -0.15) is 0 Å². The van der Waals surface area contributed by atoms with Crippen LogP contribution in [-0.4, -0.2) is 54.4 Å². The Morgan fingerprint density at radius 3 is 2.69 bits per heavy atom. The van der Waals surface area contributed by atoms with E-state index in [-0.39, 0.29) is 17.7 Å². The lowest BCUT2D eigenvalue weighted by Crippen LogP contribution is -2.49. The van der Waals surface area contributed by atoms with E-state index >= 15 is 0 Å². The molecule has 0 aromatic carbocycles. The molecule has 4 rings (SSSR count). The van der Waals surface area contributed by atoms with Crippen molar-refractivity contribution in [3.63, 3.8) is 0 Å². The molecule has 2 aliphatic heterocycles. The number of nitrogens with one attached hydrogen (secondary N) is 1. The number of fused-ring (bicyclic) bond motifs is 1. The number of nitrogens with zero attached hydrogens (tertiary/aromatic N) is 3. The first-order chi connectivity index (χ1) is 13.8. The van der Waals surface area contributed by atoms with Crippen LogP contribution in [0.5, 0.6) is 0 Å². The molecule has 1 aromatic heterocycles.